The Morgan fingerprint density at radius 1 is 1.67 bits per heavy atom. The zero-order chi connectivity index (χ0) is 10.7. The van der Waals surface area contributed by atoms with Gasteiger partial charge in [-0.2, -0.15) is 5.26 Å². The molecule has 1 fully saturated rings. The molecule has 1 aliphatic heterocycles. The molecule has 0 aliphatic carbocycles. The number of anilines is 1. The molecule has 15 heavy (non-hydrogen) atoms. The molecule has 0 spiro atoms. The van der Waals surface area contributed by atoms with Gasteiger partial charge in [0.25, 0.3) is 0 Å². The van der Waals surface area contributed by atoms with Crippen LogP contribution in [0, 0.1) is 11.3 Å². The van der Waals surface area contributed by atoms with E-state index in [9.17, 15) is 0 Å². The molecule has 0 unspecified atom stereocenters. The normalized spacial score (nSPS) is 19.9. The van der Waals surface area contributed by atoms with Gasteiger partial charge in [0.05, 0.1) is 5.56 Å². The van der Waals surface area contributed by atoms with Crippen molar-refractivity contribution in [3.05, 3.63) is 23.9 Å². The number of rotatable bonds is 2. The van der Waals surface area contributed by atoms with E-state index in [1.165, 1.54) is 0 Å². The lowest BCUT2D eigenvalue weighted by molar-refractivity contribution is 0.677. The molecule has 0 saturated carbocycles. The fourth-order valence-electron chi connectivity index (χ4n) is 1.91. The average Bonchev–Trinajstić information content (AvgIpc) is 2.81. The van der Waals surface area contributed by atoms with Crippen LogP contribution in [0.2, 0.25) is 0 Å². The third-order valence-corrected chi connectivity index (χ3v) is 2.82. The van der Waals surface area contributed by atoms with E-state index in [4.69, 9.17) is 5.26 Å². The summed E-state index contributed by atoms with van der Waals surface area (Å²) in [5.74, 6) is 0.786. The van der Waals surface area contributed by atoms with Gasteiger partial charge in [-0.3, -0.25) is 0 Å². The monoisotopic (exact) mass is 202 g/mol. The van der Waals surface area contributed by atoms with E-state index >= 15 is 0 Å². The summed E-state index contributed by atoms with van der Waals surface area (Å²) in [6.45, 7) is 2.02. The molecule has 2 rings (SSSR count). The van der Waals surface area contributed by atoms with Gasteiger partial charge in [-0.25, -0.2) is 4.98 Å². The first kappa shape index (κ1) is 9.94. The molecule has 1 aromatic heterocycles. The topological polar surface area (TPSA) is 52.0 Å². The Morgan fingerprint density at radius 3 is 3.20 bits per heavy atom. The van der Waals surface area contributed by atoms with Crippen LogP contribution in [-0.4, -0.2) is 31.2 Å². The number of nitriles is 1. The first-order chi connectivity index (χ1) is 7.33. The smallest absolute Gasteiger partial charge is 0.146 e. The average molecular weight is 202 g/mol. The highest BCUT2D eigenvalue weighted by atomic mass is 15.2. The fourth-order valence-corrected chi connectivity index (χ4v) is 1.91. The van der Waals surface area contributed by atoms with E-state index in [2.05, 4.69) is 21.3 Å². The van der Waals surface area contributed by atoms with Crippen molar-refractivity contribution in [3.8, 4) is 6.07 Å². The Bertz CT molecular complexity index is 376. The van der Waals surface area contributed by atoms with E-state index in [1.807, 2.05) is 7.05 Å². The van der Waals surface area contributed by atoms with Crippen molar-refractivity contribution in [1.82, 2.24) is 10.3 Å². The van der Waals surface area contributed by atoms with Crippen LogP contribution in [0.1, 0.15) is 12.0 Å². The minimum absolute atomic E-state index is 0.451. The van der Waals surface area contributed by atoms with Crippen LogP contribution in [0.25, 0.3) is 0 Å². The molecule has 78 valence electrons. The fraction of sp³-hybridized carbons (Fsp3) is 0.455. The van der Waals surface area contributed by atoms with Crippen molar-refractivity contribution < 1.29 is 0 Å². The molecule has 1 saturated heterocycles. The van der Waals surface area contributed by atoms with Gasteiger partial charge in [-0.05, 0) is 25.1 Å². The molecule has 1 N–H and O–H groups in total. The number of likely N-dealkylation sites (N-methyl/N-ethyl adjacent to an activating group) is 1. The van der Waals surface area contributed by atoms with Crippen LogP contribution in [0.15, 0.2) is 18.3 Å². The van der Waals surface area contributed by atoms with Crippen molar-refractivity contribution in [2.24, 2.45) is 0 Å². The van der Waals surface area contributed by atoms with Crippen LogP contribution in [0.3, 0.4) is 0 Å². The van der Waals surface area contributed by atoms with Gasteiger partial charge < -0.3 is 10.2 Å². The molecule has 0 radical (unpaired) electrons. The summed E-state index contributed by atoms with van der Waals surface area (Å²) in [4.78, 5) is 6.37. The summed E-state index contributed by atoms with van der Waals surface area (Å²) < 4.78 is 0. The summed E-state index contributed by atoms with van der Waals surface area (Å²) in [5.41, 5.74) is 0.645. The predicted molar refractivity (Wildman–Crippen MR) is 58.6 cm³/mol. The van der Waals surface area contributed by atoms with Crippen molar-refractivity contribution in [3.63, 3.8) is 0 Å². The van der Waals surface area contributed by atoms with E-state index in [0.29, 0.717) is 11.6 Å². The largest absolute Gasteiger partial charge is 0.354 e. The SMILES string of the molecule is CN(c1ncccc1C#N)[C@H]1CCNC1. The minimum Gasteiger partial charge on any atom is -0.354 e. The number of hydrogen-bond donors (Lipinski definition) is 1. The Labute approximate surface area is 89.5 Å². The molecular formula is C11H14N4. The highest BCUT2D eigenvalue weighted by Crippen LogP contribution is 2.19. The highest BCUT2D eigenvalue weighted by molar-refractivity contribution is 5.53. The maximum Gasteiger partial charge on any atom is 0.146 e. The standard InChI is InChI=1S/C11H14N4/c1-15(10-4-6-13-8-10)11-9(7-12)3-2-5-14-11/h2-3,5,10,13H,4,6,8H2,1H3/t10-/m0/s1. The maximum absolute atomic E-state index is 8.98. The first-order valence-corrected chi connectivity index (χ1v) is 5.11. The summed E-state index contributed by atoms with van der Waals surface area (Å²) >= 11 is 0. The minimum atomic E-state index is 0.451. The Balaban J connectivity index is 2.24. The lowest BCUT2D eigenvalue weighted by atomic mass is 10.2. The Hall–Kier alpha value is -1.60. The first-order valence-electron chi connectivity index (χ1n) is 5.11. The number of aromatic nitrogens is 1. The second-order valence-electron chi connectivity index (χ2n) is 3.74. The zero-order valence-corrected chi connectivity index (χ0v) is 8.77. The number of nitrogens with one attached hydrogen (secondary N) is 1. The predicted octanol–water partition coefficient (Wildman–Crippen LogP) is 0.751. The quantitative estimate of drug-likeness (QED) is 0.769. The molecule has 4 nitrogen and oxygen atoms in total. The maximum atomic E-state index is 8.98. The lowest BCUT2D eigenvalue weighted by Gasteiger charge is -2.25. The van der Waals surface area contributed by atoms with Crippen molar-refractivity contribution in [2.45, 2.75) is 12.5 Å². The molecular weight excluding hydrogens is 188 g/mol. The summed E-state index contributed by atoms with van der Waals surface area (Å²) in [6.07, 6.45) is 2.84. The molecule has 0 aromatic carbocycles. The molecule has 1 atom stereocenters. The summed E-state index contributed by atoms with van der Waals surface area (Å²) in [6, 6.07) is 6.23. The third-order valence-electron chi connectivity index (χ3n) is 2.82. The van der Waals surface area contributed by atoms with Gasteiger partial charge in [0.2, 0.25) is 0 Å². The molecule has 1 aliphatic rings. The summed E-state index contributed by atoms with van der Waals surface area (Å²) in [7, 11) is 2.00. The van der Waals surface area contributed by atoms with Crippen LogP contribution in [-0.2, 0) is 0 Å². The Kier molecular flexibility index (Phi) is 2.84. The van der Waals surface area contributed by atoms with Crippen LogP contribution in [0.4, 0.5) is 5.82 Å². The van der Waals surface area contributed by atoms with Gasteiger partial charge in [0.15, 0.2) is 0 Å². The van der Waals surface area contributed by atoms with Gasteiger partial charge >= 0.3 is 0 Å². The van der Waals surface area contributed by atoms with Gasteiger partial charge in [0.1, 0.15) is 11.9 Å². The van der Waals surface area contributed by atoms with Crippen molar-refractivity contribution in [2.75, 3.05) is 25.0 Å². The molecule has 0 amide bonds. The van der Waals surface area contributed by atoms with E-state index in [-0.39, 0.29) is 0 Å². The number of nitrogens with zero attached hydrogens (tertiary/aromatic N) is 3. The van der Waals surface area contributed by atoms with Crippen LogP contribution in [0.5, 0.6) is 0 Å². The molecule has 2 heterocycles. The second kappa shape index (κ2) is 4.28. The van der Waals surface area contributed by atoms with Crippen LogP contribution >= 0.6 is 0 Å². The van der Waals surface area contributed by atoms with Gasteiger partial charge in [-0.1, -0.05) is 0 Å². The molecule has 1 aromatic rings. The molecule has 0 bridgehead atoms. The zero-order valence-electron chi connectivity index (χ0n) is 8.77. The van der Waals surface area contributed by atoms with E-state index < -0.39 is 0 Å². The Morgan fingerprint density at radius 2 is 2.53 bits per heavy atom. The molecule has 4 heteroatoms. The lowest BCUT2D eigenvalue weighted by Crippen LogP contribution is -2.34. The van der Waals surface area contributed by atoms with E-state index in [1.54, 1.807) is 18.3 Å². The number of pyridine rings is 1. The van der Waals surface area contributed by atoms with Crippen molar-refractivity contribution >= 4 is 5.82 Å². The van der Waals surface area contributed by atoms with Gasteiger partial charge in [-0.15, -0.1) is 0 Å². The van der Waals surface area contributed by atoms with Crippen molar-refractivity contribution in [1.29, 1.82) is 5.26 Å². The van der Waals surface area contributed by atoms with Crippen LogP contribution < -0.4 is 10.2 Å². The third kappa shape index (κ3) is 1.92. The highest BCUT2D eigenvalue weighted by Gasteiger charge is 2.21. The second-order valence-corrected chi connectivity index (χ2v) is 3.74. The summed E-state index contributed by atoms with van der Waals surface area (Å²) in [5, 5.41) is 12.3. The van der Waals surface area contributed by atoms with Gasteiger partial charge in [0, 0.05) is 25.8 Å². The van der Waals surface area contributed by atoms with E-state index in [0.717, 1.165) is 25.3 Å². The number of hydrogen-bond acceptors (Lipinski definition) is 4.